The lowest BCUT2D eigenvalue weighted by molar-refractivity contribution is -0.162. The molecule has 0 saturated carbocycles. The fourth-order valence-electron chi connectivity index (χ4n) is 3.26. The molecular weight excluding hydrogens is 308 g/mol. The number of ether oxygens (including phenoxy) is 1. The van der Waals surface area contributed by atoms with E-state index in [4.69, 9.17) is 4.74 Å². The second-order valence-electron chi connectivity index (χ2n) is 6.27. The van der Waals surface area contributed by atoms with Crippen molar-refractivity contribution in [1.82, 2.24) is 10.2 Å². The Morgan fingerprint density at radius 1 is 1.33 bits per heavy atom. The van der Waals surface area contributed by atoms with E-state index in [2.05, 4.69) is 5.32 Å². The van der Waals surface area contributed by atoms with Crippen molar-refractivity contribution in [1.29, 1.82) is 0 Å². The number of rotatable bonds is 4. The van der Waals surface area contributed by atoms with Gasteiger partial charge in [0.2, 0.25) is 5.91 Å². The predicted molar refractivity (Wildman–Crippen MR) is 88.0 cm³/mol. The highest BCUT2D eigenvalue weighted by atomic mass is 16.5. The van der Waals surface area contributed by atoms with Crippen molar-refractivity contribution in [2.24, 2.45) is 5.92 Å². The molecule has 24 heavy (non-hydrogen) atoms. The van der Waals surface area contributed by atoms with Gasteiger partial charge in [-0.25, -0.2) is 0 Å². The van der Waals surface area contributed by atoms with Crippen LogP contribution < -0.4 is 5.32 Å². The van der Waals surface area contributed by atoms with Gasteiger partial charge in [-0.2, -0.15) is 0 Å². The van der Waals surface area contributed by atoms with Crippen LogP contribution in [0.4, 0.5) is 0 Å². The summed E-state index contributed by atoms with van der Waals surface area (Å²) in [5, 5.41) is 12.1. The second kappa shape index (κ2) is 7.15. The van der Waals surface area contributed by atoms with Gasteiger partial charge in [-0.3, -0.25) is 9.59 Å². The van der Waals surface area contributed by atoms with Crippen LogP contribution in [0.15, 0.2) is 42.5 Å². The van der Waals surface area contributed by atoms with E-state index in [0.717, 1.165) is 5.56 Å². The van der Waals surface area contributed by atoms with Crippen LogP contribution in [0.5, 0.6) is 0 Å². The molecule has 0 spiro atoms. The zero-order valence-corrected chi connectivity index (χ0v) is 13.6. The van der Waals surface area contributed by atoms with E-state index >= 15 is 0 Å². The number of carbonyl (C=O) groups is 2. The normalized spacial score (nSPS) is 29.8. The van der Waals surface area contributed by atoms with Crippen molar-refractivity contribution in [2.75, 3.05) is 20.3 Å². The van der Waals surface area contributed by atoms with E-state index in [9.17, 15) is 14.7 Å². The van der Waals surface area contributed by atoms with Crippen LogP contribution in [0.1, 0.15) is 18.0 Å². The Hall–Kier alpha value is -2.18. The van der Waals surface area contributed by atoms with Crippen LogP contribution in [0.2, 0.25) is 0 Å². The monoisotopic (exact) mass is 330 g/mol. The predicted octanol–water partition coefficient (Wildman–Crippen LogP) is 0.638. The van der Waals surface area contributed by atoms with Gasteiger partial charge in [-0.05, 0) is 12.0 Å². The van der Waals surface area contributed by atoms with E-state index in [-0.39, 0.29) is 37.0 Å². The number of aliphatic hydroxyl groups excluding tert-OH is 1. The van der Waals surface area contributed by atoms with Crippen LogP contribution >= 0.6 is 0 Å². The second-order valence-corrected chi connectivity index (χ2v) is 6.27. The van der Waals surface area contributed by atoms with Crippen molar-refractivity contribution in [3.05, 3.63) is 48.0 Å². The highest BCUT2D eigenvalue weighted by Crippen LogP contribution is 2.29. The summed E-state index contributed by atoms with van der Waals surface area (Å²) in [6.07, 6.45) is 3.74. The van der Waals surface area contributed by atoms with Gasteiger partial charge in [-0.15, -0.1) is 0 Å². The number of morpholine rings is 1. The number of nitrogens with one attached hydrogen (secondary N) is 1. The molecule has 6 heteroatoms. The quantitative estimate of drug-likeness (QED) is 0.794. The first-order valence-electron chi connectivity index (χ1n) is 8.12. The molecule has 1 aromatic rings. The largest absolute Gasteiger partial charge is 0.396 e. The molecular formula is C18H22N2O4. The molecule has 1 aromatic carbocycles. The molecule has 2 amide bonds. The molecule has 0 unspecified atom stereocenters. The minimum atomic E-state index is -0.753. The van der Waals surface area contributed by atoms with Crippen LogP contribution in [0.3, 0.4) is 0 Å². The molecule has 1 saturated heterocycles. The maximum Gasteiger partial charge on any atom is 0.252 e. The summed E-state index contributed by atoms with van der Waals surface area (Å²) in [6.45, 7) is -0.0234. The lowest BCUT2D eigenvalue weighted by atomic mass is 9.97. The number of nitrogens with zero attached hydrogens (tertiary/aromatic N) is 1. The van der Waals surface area contributed by atoms with Crippen LogP contribution in [0, 0.1) is 5.92 Å². The smallest absolute Gasteiger partial charge is 0.252 e. The van der Waals surface area contributed by atoms with Crippen molar-refractivity contribution in [3.63, 3.8) is 0 Å². The number of hydrogen-bond donors (Lipinski definition) is 2. The van der Waals surface area contributed by atoms with E-state index < -0.39 is 12.1 Å². The number of aliphatic hydroxyl groups is 1. The SMILES string of the molecule is CN1C(=O)CO[C@@H](C(=O)N[C@@H]2C=C[C@H](CO)C2)[C@@H]1c1ccccc1. The van der Waals surface area contributed by atoms with Crippen molar-refractivity contribution < 1.29 is 19.4 Å². The zero-order valence-electron chi connectivity index (χ0n) is 13.6. The zero-order chi connectivity index (χ0) is 17.1. The lowest BCUT2D eigenvalue weighted by Crippen LogP contribution is -2.54. The molecule has 1 aliphatic carbocycles. The van der Waals surface area contributed by atoms with E-state index in [1.54, 1.807) is 11.9 Å². The molecule has 2 aliphatic rings. The molecule has 0 bridgehead atoms. The van der Waals surface area contributed by atoms with Gasteiger partial charge in [0.1, 0.15) is 6.61 Å². The highest BCUT2D eigenvalue weighted by Gasteiger charge is 2.40. The van der Waals surface area contributed by atoms with E-state index in [1.807, 2.05) is 42.5 Å². The molecule has 6 nitrogen and oxygen atoms in total. The molecule has 0 radical (unpaired) electrons. The maximum absolute atomic E-state index is 12.7. The van der Waals surface area contributed by atoms with Crippen molar-refractivity contribution in [3.8, 4) is 0 Å². The summed E-state index contributed by atoms with van der Waals surface area (Å²) in [4.78, 5) is 26.3. The first-order valence-corrected chi connectivity index (χ1v) is 8.12. The average molecular weight is 330 g/mol. The lowest BCUT2D eigenvalue weighted by Gasteiger charge is -2.38. The summed E-state index contributed by atoms with van der Waals surface area (Å²) < 4.78 is 5.58. The van der Waals surface area contributed by atoms with Gasteiger partial charge in [0.05, 0.1) is 6.04 Å². The summed E-state index contributed by atoms with van der Waals surface area (Å²) >= 11 is 0. The topological polar surface area (TPSA) is 78.9 Å². The Kier molecular flexibility index (Phi) is 4.97. The third kappa shape index (κ3) is 3.34. The molecule has 1 aliphatic heterocycles. The molecule has 1 fully saturated rings. The molecule has 0 aromatic heterocycles. The minimum Gasteiger partial charge on any atom is -0.396 e. The van der Waals surface area contributed by atoms with Gasteiger partial charge < -0.3 is 20.1 Å². The Labute approximate surface area is 141 Å². The molecule has 128 valence electrons. The third-order valence-corrected chi connectivity index (χ3v) is 4.62. The number of carbonyl (C=O) groups excluding carboxylic acids is 2. The van der Waals surface area contributed by atoms with Crippen molar-refractivity contribution >= 4 is 11.8 Å². The molecule has 3 rings (SSSR count). The number of hydrogen-bond acceptors (Lipinski definition) is 4. The summed E-state index contributed by atoms with van der Waals surface area (Å²) in [7, 11) is 1.69. The van der Waals surface area contributed by atoms with E-state index in [0.29, 0.717) is 6.42 Å². The molecule has 4 atom stereocenters. The fraction of sp³-hybridized carbons (Fsp3) is 0.444. The molecule has 2 N–H and O–H groups in total. The number of likely N-dealkylation sites (N-methyl/N-ethyl adjacent to an activating group) is 1. The first kappa shape index (κ1) is 16.7. The Bertz CT molecular complexity index is 631. The first-order chi connectivity index (χ1) is 11.6. The van der Waals surface area contributed by atoms with Gasteiger partial charge in [0.25, 0.3) is 5.91 Å². The highest BCUT2D eigenvalue weighted by molar-refractivity contribution is 5.86. The van der Waals surface area contributed by atoms with E-state index in [1.165, 1.54) is 0 Å². The average Bonchev–Trinajstić information content (AvgIpc) is 3.05. The molecule has 1 heterocycles. The van der Waals surface area contributed by atoms with Gasteiger partial charge in [0, 0.05) is 25.6 Å². The third-order valence-electron chi connectivity index (χ3n) is 4.62. The van der Waals surface area contributed by atoms with Crippen molar-refractivity contribution in [2.45, 2.75) is 24.6 Å². The van der Waals surface area contributed by atoms with Crippen LogP contribution in [-0.2, 0) is 14.3 Å². The van der Waals surface area contributed by atoms with Gasteiger partial charge in [0.15, 0.2) is 6.10 Å². The maximum atomic E-state index is 12.7. The number of amides is 2. The van der Waals surface area contributed by atoms with Gasteiger partial charge >= 0.3 is 0 Å². The minimum absolute atomic E-state index is 0.0761. The van der Waals surface area contributed by atoms with Crippen LogP contribution in [-0.4, -0.2) is 54.2 Å². The Balaban J connectivity index is 1.75. The Morgan fingerprint density at radius 2 is 2.08 bits per heavy atom. The van der Waals surface area contributed by atoms with Gasteiger partial charge in [-0.1, -0.05) is 42.5 Å². The summed E-state index contributed by atoms with van der Waals surface area (Å²) in [5.74, 6) is -0.304. The fourth-order valence-corrected chi connectivity index (χ4v) is 3.26. The Morgan fingerprint density at radius 3 is 2.75 bits per heavy atom. The summed E-state index contributed by atoms with van der Waals surface area (Å²) in [5.41, 5.74) is 0.864. The van der Waals surface area contributed by atoms with Crippen LogP contribution in [0.25, 0.3) is 0 Å². The standard InChI is InChI=1S/C18H22N2O4/c1-20-15(22)11-24-17(16(20)13-5-3-2-4-6-13)18(23)19-14-8-7-12(9-14)10-21/h2-8,12,14,16-17,21H,9-11H2,1H3,(H,19,23)/t12-,14+,16-,17+/m0/s1. The summed E-state index contributed by atoms with van der Waals surface area (Å²) in [6, 6.07) is 8.86. The number of benzene rings is 1.